The van der Waals surface area contributed by atoms with Gasteiger partial charge >= 0.3 is 0 Å². The summed E-state index contributed by atoms with van der Waals surface area (Å²) in [6, 6.07) is 0. The van der Waals surface area contributed by atoms with Crippen LogP contribution in [0.2, 0.25) is 0 Å². The van der Waals surface area contributed by atoms with E-state index in [1.807, 2.05) is 0 Å². The van der Waals surface area contributed by atoms with Crippen LogP contribution in [0, 0.1) is 23.2 Å². The summed E-state index contributed by atoms with van der Waals surface area (Å²) in [5.41, 5.74) is 0.936. The Morgan fingerprint density at radius 2 is 1.93 bits per heavy atom. The maximum absolute atomic E-state index is 5.99. The maximum atomic E-state index is 5.99. The zero-order valence-corrected chi connectivity index (χ0v) is 9.70. The van der Waals surface area contributed by atoms with E-state index >= 15 is 0 Å². The lowest BCUT2D eigenvalue weighted by atomic mass is 9.63. The normalized spacial score (nSPS) is 64.9. The highest BCUT2D eigenvalue weighted by molar-refractivity contribution is 5.24. The Morgan fingerprint density at radius 3 is 2.67 bits per heavy atom. The van der Waals surface area contributed by atoms with Crippen molar-refractivity contribution in [2.24, 2.45) is 23.2 Å². The van der Waals surface area contributed by atoms with Gasteiger partial charge in [-0.2, -0.15) is 0 Å². The Balaban J connectivity index is 1.75. The first-order valence-corrected chi connectivity index (χ1v) is 6.49. The molecular weight excluding hydrogens is 184 g/mol. The van der Waals surface area contributed by atoms with Crippen LogP contribution in [-0.4, -0.2) is 11.7 Å². The molecule has 4 rings (SSSR count). The molecule has 82 valence electrons. The Labute approximate surface area is 91.9 Å². The second-order valence-electron chi connectivity index (χ2n) is 6.57. The molecule has 0 N–H and O–H groups in total. The van der Waals surface area contributed by atoms with Crippen LogP contribution >= 0.6 is 0 Å². The summed E-state index contributed by atoms with van der Waals surface area (Å²) in [6.07, 6.45) is 10.8. The third kappa shape index (κ3) is 0.860. The van der Waals surface area contributed by atoms with Gasteiger partial charge in [0.2, 0.25) is 0 Å². The molecule has 2 saturated carbocycles. The summed E-state index contributed by atoms with van der Waals surface area (Å²) in [5, 5.41) is 0. The molecule has 15 heavy (non-hydrogen) atoms. The predicted octanol–water partition coefficient (Wildman–Crippen LogP) is 3.16. The molecule has 1 nitrogen and oxygen atoms in total. The molecule has 0 amide bonds. The minimum absolute atomic E-state index is 0.334. The average molecular weight is 204 g/mol. The fraction of sp³-hybridized carbons (Fsp3) is 0.857. The van der Waals surface area contributed by atoms with E-state index in [-0.39, 0.29) is 0 Å². The maximum Gasteiger partial charge on any atom is 0.0981 e. The molecule has 6 unspecified atom stereocenters. The molecule has 2 bridgehead atoms. The highest BCUT2D eigenvalue weighted by Crippen LogP contribution is 2.72. The summed E-state index contributed by atoms with van der Waals surface area (Å²) in [4.78, 5) is 0. The van der Waals surface area contributed by atoms with E-state index in [1.165, 1.54) is 25.7 Å². The van der Waals surface area contributed by atoms with E-state index < -0.39 is 0 Å². The van der Waals surface area contributed by atoms with Gasteiger partial charge in [0.25, 0.3) is 0 Å². The zero-order chi connectivity index (χ0) is 10.3. The van der Waals surface area contributed by atoms with Crippen LogP contribution in [0.3, 0.4) is 0 Å². The van der Waals surface area contributed by atoms with Crippen LogP contribution in [0.25, 0.3) is 0 Å². The van der Waals surface area contributed by atoms with Crippen LogP contribution in [0.5, 0.6) is 0 Å². The number of ether oxygens (including phenoxy) is 1. The van der Waals surface area contributed by atoms with Gasteiger partial charge in [0.15, 0.2) is 0 Å². The Bertz CT molecular complexity index is 347. The summed E-state index contributed by atoms with van der Waals surface area (Å²) in [6.45, 7) is 4.80. The smallest absolute Gasteiger partial charge is 0.0981 e. The van der Waals surface area contributed by atoms with Gasteiger partial charge in [-0.25, -0.2) is 0 Å². The summed E-state index contributed by atoms with van der Waals surface area (Å²) < 4.78 is 5.99. The van der Waals surface area contributed by atoms with Gasteiger partial charge in [0, 0.05) is 0 Å². The van der Waals surface area contributed by atoms with Gasteiger partial charge in [-0.15, -0.1) is 0 Å². The molecule has 1 aliphatic heterocycles. The van der Waals surface area contributed by atoms with E-state index in [1.54, 1.807) is 0 Å². The number of allylic oxidation sites excluding steroid dienone is 2. The number of hydrogen-bond donors (Lipinski definition) is 0. The molecule has 6 atom stereocenters. The molecule has 1 heterocycles. The summed E-state index contributed by atoms with van der Waals surface area (Å²) >= 11 is 0. The Morgan fingerprint density at radius 1 is 1.20 bits per heavy atom. The van der Waals surface area contributed by atoms with Crippen molar-refractivity contribution in [1.29, 1.82) is 0 Å². The third-order valence-corrected chi connectivity index (χ3v) is 5.91. The summed E-state index contributed by atoms with van der Waals surface area (Å²) in [7, 11) is 0. The van der Waals surface area contributed by atoms with Crippen molar-refractivity contribution in [3.05, 3.63) is 12.2 Å². The Hall–Kier alpha value is -0.300. The largest absolute Gasteiger partial charge is 0.366 e. The molecular formula is C14H20O. The van der Waals surface area contributed by atoms with Crippen molar-refractivity contribution in [2.75, 3.05) is 0 Å². The third-order valence-electron chi connectivity index (χ3n) is 5.91. The monoisotopic (exact) mass is 204 g/mol. The standard InChI is InChI=1S/C14H20O/c1-9-14(15-9)8-13(2)7-12(14)10-5-3-4-6-11(10)13/h3-4,9-12H,5-8H2,1-2H3. The highest BCUT2D eigenvalue weighted by Gasteiger charge is 2.73. The van der Waals surface area contributed by atoms with E-state index in [0.29, 0.717) is 17.1 Å². The summed E-state index contributed by atoms with van der Waals surface area (Å²) in [5.74, 6) is 2.79. The van der Waals surface area contributed by atoms with Crippen LogP contribution in [-0.2, 0) is 4.74 Å². The van der Waals surface area contributed by atoms with Gasteiger partial charge in [0.05, 0.1) is 11.7 Å². The van der Waals surface area contributed by atoms with Gasteiger partial charge < -0.3 is 4.74 Å². The second kappa shape index (κ2) is 2.34. The fourth-order valence-corrected chi connectivity index (χ4v) is 5.26. The molecule has 1 saturated heterocycles. The fourth-order valence-electron chi connectivity index (χ4n) is 5.26. The lowest BCUT2D eigenvalue weighted by molar-refractivity contribution is 0.0754. The molecule has 0 radical (unpaired) electrons. The lowest BCUT2D eigenvalue weighted by Crippen LogP contribution is -2.39. The topological polar surface area (TPSA) is 12.5 Å². The quantitative estimate of drug-likeness (QED) is 0.436. The molecule has 0 aromatic heterocycles. The van der Waals surface area contributed by atoms with Gasteiger partial charge in [-0.1, -0.05) is 19.1 Å². The van der Waals surface area contributed by atoms with Crippen molar-refractivity contribution in [1.82, 2.24) is 0 Å². The molecule has 1 heteroatoms. The van der Waals surface area contributed by atoms with Crippen molar-refractivity contribution in [2.45, 2.75) is 51.2 Å². The number of rotatable bonds is 0. The minimum Gasteiger partial charge on any atom is -0.366 e. The van der Waals surface area contributed by atoms with Crippen molar-refractivity contribution < 1.29 is 4.74 Å². The number of epoxide rings is 1. The lowest BCUT2D eigenvalue weighted by Gasteiger charge is -2.41. The molecule has 4 aliphatic rings. The van der Waals surface area contributed by atoms with Gasteiger partial charge in [-0.05, 0) is 55.8 Å². The van der Waals surface area contributed by atoms with Crippen molar-refractivity contribution in [3.8, 4) is 0 Å². The van der Waals surface area contributed by atoms with Crippen molar-refractivity contribution in [3.63, 3.8) is 0 Å². The predicted molar refractivity (Wildman–Crippen MR) is 59.5 cm³/mol. The van der Waals surface area contributed by atoms with E-state index in [9.17, 15) is 0 Å². The molecule has 3 aliphatic carbocycles. The first kappa shape index (κ1) is 8.81. The van der Waals surface area contributed by atoms with E-state index in [4.69, 9.17) is 4.74 Å². The average Bonchev–Trinajstić information content (AvgIpc) is 2.62. The highest BCUT2D eigenvalue weighted by atomic mass is 16.6. The number of hydrogen-bond acceptors (Lipinski definition) is 1. The minimum atomic E-state index is 0.334. The van der Waals surface area contributed by atoms with Crippen molar-refractivity contribution >= 4 is 0 Å². The number of fused-ring (bicyclic) bond motifs is 6. The zero-order valence-electron chi connectivity index (χ0n) is 9.70. The van der Waals surface area contributed by atoms with Crippen LogP contribution in [0.15, 0.2) is 12.2 Å². The van der Waals surface area contributed by atoms with Crippen LogP contribution in [0.1, 0.15) is 39.5 Å². The molecule has 0 aromatic rings. The molecule has 3 fully saturated rings. The van der Waals surface area contributed by atoms with Crippen LogP contribution < -0.4 is 0 Å². The first-order valence-electron chi connectivity index (χ1n) is 6.49. The second-order valence-corrected chi connectivity index (χ2v) is 6.57. The van der Waals surface area contributed by atoms with Crippen LogP contribution in [0.4, 0.5) is 0 Å². The first-order chi connectivity index (χ1) is 7.16. The molecule has 1 spiro atoms. The Kier molecular flexibility index (Phi) is 1.38. The van der Waals surface area contributed by atoms with Gasteiger partial charge in [0.1, 0.15) is 0 Å². The SMILES string of the molecule is CC1OC12CC1(C)CC2C2CC=CCC21. The van der Waals surface area contributed by atoms with Gasteiger partial charge in [-0.3, -0.25) is 0 Å². The van der Waals surface area contributed by atoms with E-state index in [2.05, 4.69) is 26.0 Å². The van der Waals surface area contributed by atoms with E-state index in [0.717, 1.165) is 17.8 Å². The molecule has 0 aromatic carbocycles.